The van der Waals surface area contributed by atoms with Crippen LogP contribution in [0.4, 0.5) is 0 Å². The Morgan fingerprint density at radius 2 is 1.69 bits per heavy atom. The number of rotatable bonds is 6. The van der Waals surface area contributed by atoms with Gasteiger partial charge in [0, 0.05) is 19.0 Å². The fourth-order valence-corrected chi connectivity index (χ4v) is 1.81. The van der Waals surface area contributed by atoms with Crippen molar-refractivity contribution in [2.24, 2.45) is 5.41 Å². The third-order valence-electron chi connectivity index (χ3n) is 3.32. The van der Waals surface area contributed by atoms with Crippen molar-refractivity contribution in [3.05, 3.63) is 0 Å². The van der Waals surface area contributed by atoms with Crippen LogP contribution >= 0.6 is 0 Å². The van der Waals surface area contributed by atoms with Crippen molar-refractivity contribution in [2.75, 3.05) is 6.54 Å². The summed E-state index contributed by atoms with van der Waals surface area (Å²) in [6, 6.07) is 0.360. The van der Waals surface area contributed by atoms with Crippen molar-refractivity contribution in [3.63, 3.8) is 0 Å². The van der Waals surface area contributed by atoms with E-state index in [1.807, 2.05) is 41.5 Å². The van der Waals surface area contributed by atoms with E-state index in [2.05, 4.69) is 5.32 Å². The maximum atomic E-state index is 10.5. The van der Waals surface area contributed by atoms with E-state index >= 15 is 0 Å². The third kappa shape index (κ3) is 4.81. The molecule has 16 heavy (non-hydrogen) atoms. The summed E-state index contributed by atoms with van der Waals surface area (Å²) in [5.41, 5.74) is -1.01. The molecule has 0 saturated heterocycles. The van der Waals surface area contributed by atoms with Crippen LogP contribution in [0.15, 0.2) is 0 Å². The zero-order valence-corrected chi connectivity index (χ0v) is 11.7. The number of nitrogens with one attached hydrogen (secondary N) is 1. The number of aliphatic hydroxyl groups excluding tert-OH is 1. The monoisotopic (exact) mass is 231 g/mol. The first-order chi connectivity index (χ1) is 7.12. The van der Waals surface area contributed by atoms with Crippen LogP contribution in [0.5, 0.6) is 0 Å². The van der Waals surface area contributed by atoms with Gasteiger partial charge < -0.3 is 15.5 Å². The molecule has 0 bridgehead atoms. The molecule has 0 unspecified atom stereocenters. The highest BCUT2D eigenvalue weighted by Gasteiger charge is 2.39. The molecule has 0 heterocycles. The van der Waals surface area contributed by atoms with E-state index in [9.17, 15) is 10.2 Å². The van der Waals surface area contributed by atoms with Gasteiger partial charge in [-0.15, -0.1) is 0 Å². The first-order valence-electron chi connectivity index (χ1n) is 6.26. The van der Waals surface area contributed by atoms with Crippen LogP contribution in [0.25, 0.3) is 0 Å². The second-order valence-corrected chi connectivity index (χ2v) is 6.06. The van der Waals surface area contributed by atoms with Crippen LogP contribution in [-0.2, 0) is 0 Å². The van der Waals surface area contributed by atoms with Gasteiger partial charge in [-0.2, -0.15) is 0 Å². The fraction of sp³-hybridized carbons (Fsp3) is 1.00. The van der Waals surface area contributed by atoms with Crippen molar-refractivity contribution >= 4 is 0 Å². The Hall–Kier alpha value is -0.120. The van der Waals surface area contributed by atoms with Crippen LogP contribution < -0.4 is 5.32 Å². The molecule has 0 saturated carbocycles. The molecular formula is C13H29NO2. The molecule has 0 aliphatic carbocycles. The normalized spacial score (nSPS) is 18.6. The zero-order chi connectivity index (χ0) is 13.0. The quantitative estimate of drug-likeness (QED) is 0.654. The van der Waals surface area contributed by atoms with E-state index < -0.39 is 11.7 Å². The van der Waals surface area contributed by atoms with Gasteiger partial charge in [0.15, 0.2) is 0 Å². The molecule has 3 N–H and O–H groups in total. The maximum Gasteiger partial charge on any atom is 0.0718 e. The van der Waals surface area contributed by atoms with E-state index in [1.54, 1.807) is 0 Å². The van der Waals surface area contributed by atoms with Gasteiger partial charge in [-0.05, 0) is 11.8 Å². The number of aliphatic hydroxyl groups is 2. The Morgan fingerprint density at radius 1 is 1.19 bits per heavy atom. The molecule has 0 spiro atoms. The average Bonchev–Trinajstić information content (AvgIpc) is 2.12. The molecular weight excluding hydrogens is 202 g/mol. The summed E-state index contributed by atoms with van der Waals surface area (Å²) in [5, 5.41) is 23.6. The standard InChI is InChI=1S/C13H29NO2/c1-7-13(16,12(4,5)6)8-11(15)9-14-10(2)3/h10-11,14-16H,7-9H2,1-6H3/t11-,13+/m1/s1. The molecule has 3 heteroatoms. The van der Waals surface area contributed by atoms with Gasteiger partial charge in [0.1, 0.15) is 0 Å². The molecule has 0 radical (unpaired) electrons. The van der Waals surface area contributed by atoms with Crippen LogP contribution in [-0.4, -0.2) is 34.5 Å². The van der Waals surface area contributed by atoms with Crippen LogP contribution in [0.1, 0.15) is 54.4 Å². The lowest BCUT2D eigenvalue weighted by Crippen LogP contribution is -2.47. The Kier molecular flexibility index (Phi) is 5.94. The molecule has 0 aromatic heterocycles. The van der Waals surface area contributed by atoms with Gasteiger partial charge in [0.05, 0.1) is 11.7 Å². The second-order valence-electron chi connectivity index (χ2n) is 6.06. The predicted octanol–water partition coefficient (Wildman–Crippen LogP) is 1.92. The molecule has 0 aliphatic rings. The number of hydrogen-bond donors (Lipinski definition) is 3. The van der Waals surface area contributed by atoms with E-state index in [1.165, 1.54) is 0 Å². The highest BCUT2D eigenvalue weighted by atomic mass is 16.3. The smallest absolute Gasteiger partial charge is 0.0718 e. The molecule has 0 aliphatic heterocycles. The summed E-state index contributed by atoms with van der Waals surface area (Å²) in [7, 11) is 0. The second kappa shape index (κ2) is 5.99. The van der Waals surface area contributed by atoms with E-state index in [-0.39, 0.29) is 5.41 Å². The summed E-state index contributed by atoms with van der Waals surface area (Å²) >= 11 is 0. The predicted molar refractivity (Wildman–Crippen MR) is 68.5 cm³/mol. The molecule has 98 valence electrons. The Labute approximate surface area is 100 Å². The summed E-state index contributed by atoms with van der Waals surface area (Å²) in [6.45, 7) is 12.6. The van der Waals surface area contributed by atoms with Gasteiger partial charge in [-0.25, -0.2) is 0 Å². The van der Waals surface area contributed by atoms with Gasteiger partial charge in [-0.3, -0.25) is 0 Å². The van der Waals surface area contributed by atoms with Crippen molar-refractivity contribution in [1.82, 2.24) is 5.32 Å². The van der Waals surface area contributed by atoms with E-state index in [0.29, 0.717) is 25.4 Å². The summed E-state index contributed by atoms with van der Waals surface area (Å²) < 4.78 is 0. The lowest BCUT2D eigenvalue weighted by molar-refractivity contribution is -0.0910. The zero-order valence-electron chi connectivity index (χ0n) is 11.7. The van der Waals surface area contributed by atoms with Gasteiger partial charge in [-0.1, -0.05) is 41.5 Å². The minimum absolute atomic E-state index is 0.208. The van der Waals surface area contributed by atoms with Gasteiger partial charge in [0.25, 0.3) is 0 Å². The van der Waals surface area contributed by atoms with Crippen molar-refractivity contribution < 1.29 is 10.2 Å². The molecule has 2 atom stereocenters. The minimum atomic E-state index is -0.801. The first-order valence-corrected chi connectivity index (χ1v) is 6.26. The first kappa shape index (κ1) is 15.9. The summed E-state index contributed by atoms with van der Waals surface area (Å²) in [4.78, 5) is 0. The summed E-state index contributed by atoms with van der Waals surface area (Å²) in [5.74, 6) is 0. The molecule has 0 aromatic carbocycles. The van der Waals surface area contributed by atoms with Crippen molar-refractivity contribution in [3.8, 4) is 0 Å². The number of hydrogen-bond acceptors (Lipinski definition) is 3. The lowest BCUT2D eigenvalue weighted by atomic mass is 9.72. The molecule has 0 fully saturated rings. The SMILES string of the molecule is CC[C@](O)(C[C@@H](O)CNC(C)C)C(C)(C)C. The van der Waals surface area contributed by atoms with E-state index in [4.69, 9.17) is 0 Å². The van der Waals surface area contributed by atoms with Crippen LogP contribution in [0, 0.1) is 5.41 Å². The Morgan fingerprint density at radius 3 is 2.00 bits per heavy atom. The Bertz CT molecular complexity index is 199. The fourth-order valence-electron chi connectivity index (χ4n) is 1.81. The van der Waals surface area contributed by atoms with Crippen LogP contribution in [0.3, 0.4) is 0 Å². The molecule has 0 rings (SSSR count). The lowest BCUT2D eigenvalue weighted by Gasteiger charge is -2.41. The van der Waals surface area contributed by atoms with Crippen LogP contribution in [0.2, 0.25) is 0 Å². The van der Waals surface area contributed by atoms with Crippen molar-refractivity contribution in [1.29, 1.82) is 0 Å². The average molecular weight is 231 g/mol. The highest BCUT2D eigenvalue weighted by molar-refractivity contribution is 4.91. The highest BCUT2D eigenvalue weighted by Crippen LogP contribution is 2.36. The topological polar surface area (TPSA) is 52.5 Å². The van der Waals surface area contributed by atoms with Gasteiger partial charge >= 0.3 is 0 Å². The largest absolute Gasteiger partial charge is 0.392 e. The van der Waals surface area contributed by atoms with Gasteiger partial charge in [0.2, 0.25) is 0 Å². The Balaban J connectivity index is 4.32. The molecule has 0 amide bonds. The van der Waals surface area contributed by atoms with E-state index in [0.717, 1.165) is 0 Å². The molecule has 0 aromatic rings. The maximum absolute atomic E-state index is 10.5. The molecule has 3 nitrogen and oxygen atoms in total. The minimum Gasteiger partial charge on any atom is -0.392 e. The summed E-state index contributed by atoms with van der Waals surface area (Å²) in [6.07, 6.45) is 0.591. The van der Waals surface area contributed by atoms with Crippen molar-refractivity contribution in [2.45, 2.75) is 72.1 Å². The third-order valence-corrected chi connectivity index (χ3v) is 3.32.